The molecule has 26 nitrogen and oxygen atoms in total. The average molecular weight is 1660 g/mol. The van der Waals surface area contributed by atoms with Crippen molar-refractivity contribution in [1.82, 2.24) is 73.6 Å². The summed E-state index contributed by atoms with van der Waals surface area (Å²) >= 11 is 12.8. The Hall–Kier alpha value is -10.4. The van der Waals surface area contributed by atoms with Crippen molar-refractivity contribution in [2.45, 2.75) is 39.5 Å². The van der Waals surface area contributed by atoms with E-state index in [4.69, 9.17) is 9.84 Å². The van der Waals surface area contributed by atoms with E-state index >= 15 is 0 Å². The Morgan fingerprint density at radius 1 is 0.525 bits per heavy atom. The standard InChI is InChI=1S/C23H22F2N6O3.C15H12BrF2N3O2.C14H10BrF2N3O2.C6H3BrFNO2.C6H4BrN3O/c1-29-21(32)20-18(31(29)14-15-4-2-3-5-19(15)34-22(24)25)10-16(11-26-20)17-12-27-23(28-13-17)30-6-8-33-9-7-30;1-20-14(22)13-11(6-10(16)7-19-13)21(20)8-9-4-2-3-5-12(9)23-15(17)18;15-9-5-10-12(18-6-9)13(21)19-20(10)7-8-3-1-2-4-11(8)22-14(16)17;7-3-1-4(8)5(6(10)11)9-2-3;7-3-1-4-5(8-2-3)6(11)10-9-4/h2-5,10-13,22H,6-9,14H2,1H3;2-7,15H,8H2,1H3;1-6,14H,7H2,(H,19,21);1-2H,(H,10,11);1-2H,(H2,9,10,11). The summed E-state index contributed by atoms with van der Waals surface area (Å²) in [4.78, 5) is 88.8. The molecule has 101 heavy (non-hydrogen) atoms. The van der Waals surface area contributed by atoms with Gasteiger partial charge >= 0.3 is 25.8 Å². The molecule has 0 atom stereocenters. The zero-order chi connectivity index (χ0) is 72.2. The Morgan fingerprint density at radius 2 is 0.960 bits per heavy atom. The second kappa shape index (κ2) is 33.2. The van der Waals surface area contributed by atoms with E-state index in [1.165, 1.54) is 40.0 Å². The Morgan fingerprint density at radius 3 is 1.48 bits per heavy atom. The third-order valence-electron chi connectivity index (χ3n) is 14.7. The molecule has 0 aliphatic carbocycles. The number of benzene rings is 3. The van der Waals surface area contributed by atoms with Gasteiger partial charge in [0.25, 0.3) is 22.2 Å². The van der Waals surface area contributed by atoms with Crippen molar-refractivity contribution >= 4 is 120 Å². The number of aromatic amines is 3. The number of hydrogen-bond donors (Lipinski definition) is 4. The third-order valence-corrected chi connectivity index (χ3v) is 16.5. The maximum atomic E-state index is 12.8. The number of morpholine rings is 1. The number of nitrogens with zero attached hydrogens (tertiary/aromatic N) is 13. The number of nitrogens with one attached hydrogen (secondary N) is 3. The number of para-hydroxylation sites is 3. The lowest BCUT2D eigenvalue weighted by atomic mass is 10.1. The van der Waals surface area contributed by atoms with Crippen molar-refractivity contribution in [2.75, 3.05) is 31.2 Å². The highest BCUT2D eigenvalue weighted by atomic mass is 79.9. The van der Waals surface area contributed by atoms with Crippen LogP contribution in [-0.4, -0.2) is 131 Å². The largest absolute Gasteiger partial charge is 0.476 e. The summed E-state index contributed by atoms with van der Waals surface area (Å²) in [5.74, 6) is -1.36. The molecule has 1 aliphatic rings. The van der Waals surface area contributed by atoms with Crippen LogP contribution in [0.25, 0.3) is 55.3 Å². The molecule has 10 aromatic heterocycles. The number of hydrogen-bond acceptors (Lipinski definition) is 17. The summed E-state index contributed by atoms with van der Waals surface area (Å²) < 4.78 is 118. The van der Waals surface area contributed by atoms with Crippen molar-refractivity contribution < 1.29 is 59.6 Å². The van der Waals surface area contributed by atoms with Crippen LogP contribution < -0.4 is 41.3 Å². The zero-order valence-corrected chi connectivity index (χ0v) is 58.5. The van der Waals surface area contributed by atoms with Gasteiger partial charge in [-0.3, -0.25) is 57.9 Å². The van der Waals surface area contributed by atoms with Gasteiger partial charge in [-0.05, 0) is 112 Å². The number of ether oxygens (including phenoxy) is 4. The molecule has 1 aliphatic heterocycles. The summed E-state index contributed by atoms with van der Waals surface area (Å²) in [5.41, 5.74) is 5.23. The highest BCUT2D eigenvalue weighted by Gasteiger charge is 2.21. The van der Waals surface area contributed by atoms with E-state index < -0.39 is 37.3 Å². The first-order valence-corrected chi connectivity index (χ1v) is 32.6. The minimum absolute atomic E-state index is 0.0583. The van der Waals surface area contributed by atoms with Crippen molar-refractivity contribution in [3.8, 4) is 28.4 Å². The maximum absolute atomic E-state index is 12.8. The smallest absolute Gasteiger partial charge is 0.387 e. The van der Waals surface area contributed by atoms with Crippen molar-refractivity contribution in [1.29, 1.82) is 0 Å². The van der Waals surface area contributed by atoms with Gasteiger partial charge in [0, 0.05) is 116 Å². The summed E-state index contributed by atoms with van der Waals surface area (Å²) in [7, 11) is 3.22. The fraction of sp³-hybridized carbons (Fsp3) is 0.188. The number of carboxylic acid groups (broad SMARTS) is 1. The van der Waals surface area contributed by atoms with Gasteiger partial charge in [0.1, 0.15) is 17.2 Å². The lowest BCUT2D eigenvalue weighted by Crippen LogP contribution is -2.37. The van der Waals surface area contributed by atoms with E-state index in [0.29, 0.717) is 77.9 Å². The van der Waals surface area contributed by atoms with Gasteiger partial charge in [-0.15, -0.1) is 0 Å². The lowest BCUT2D eigenvalue weighted by Gasteiger charge is -2.26. The van der Waals surface area contributed by atoms with E-state index in [1.54, 1.807) is 132 Å². The number of aromatic carboxylic acids is 1. The number of fused-ring (bicyclic) bond motifs is 4. The molecule has 1 fully saturated rings. The van der Waals surface area contributed by atoms with Gasteiger partial charge in [0.2, 0.25) is 5.95 Å². The molecule has 37 heteroatoms. The zero-order valence-electron chi connectivity index (χ0n) is 52.1. The topological polar surface area (TPSA) is 308 Å². The SMILES string of the molecule is Cn1c(=O)c2ncc(-c3cnc(N4CCOCC4)nc3)cc2n1Cc1ccccc1OC(F)F.Cn1c(=O)c2ncc(Br)cc2n1Cc1ccccc1OC(F)F.O=C(O)c1ncc(Br)cc1F.O=c1[nH][nH]c2cc(Br)cnc12.O=c1[nH]n(Cc2ccccc2OC(F)F)c2cc(Br)cnc12. The minimum atomic E-state index is -2.94. The van der Waals surface area contributed by atoms with Gasteiger partial charge < -0.3 is 29.0 Å². The third kappa shape index (κ3) is 18.2. The molecule has 14 rings (SSSR count). The molecule has 13 aromatic rings. The quantitative estimate of drug-likeness (QED) is 0.0693. The van der Waals surface area contributed by atoms with E-state index in [0.717, 1.165) is 39.2 Å². The number of alkyl halides is 6. The molecule has 0 amide bonds. The van der Waals surface area contributed by atoms with Crippen LogP contribution in [-0.2, 0) is 38.5 Å². The van der Waals surface area contributed by atoms with E-state index in [1.807, 2.05) is 6.07 Å². The first-order valence-electron chi connectivity index (χ1n) is 29.4. The molecule has 3 aromatic carbocycles. The first-order chi connectivity index (χ1) is 48.4. The average Bonchev–Trinajstić information content (AvgIpc) is 1.64. The van der Waals surface area contributed by atoms with Gasteiger partial charge in [0.05, 0.1) is 54.9 Å². The number of anilines is 1. The van der Waals surface area contributed by atoms with Crippen LogP contribution in [0.5, 0.6) is 17.2 Å². The normalized spacial score (nSPS) is 12.0. The van der Waals surface area contributed by atoms with Crippen LogP contribution >= 0.6 is 63.7 Å². The van der Waals surface area contributed by atoms with Crippen molar-refractivity contribution in [3.05, 3.63) is 234 Å². The molecular formula is C64H51Br4F7N16O10. The number of aromatic nitrogens is 15. The van der Waals surface area contributed by atoms with Gasteiger partial charge in [-0.25, -0.2) is 44.1 Å². The number of carbonyl (C=O) groups is 1. The Bertz CT molecular complexity index is 5360. The summed E-state index contributed by atoms with van der Waals surface area (Å²) in [6, 6.07) is 27.6. The molecule has 0 bridgehead atoms. The molecule has 0 saturated carbocycles. The van der Waals surface area contributed by atoms with Gasteiger partial charge in [-0.1, -0.05) is 54.6 Å². The Balaban J connectivity index is 0.000000145. The van der Waals surface area contributed by atoms with Crippen LogP contribution in [0.3, 0.4) is 0 Å². The second-order valence-corrected chi connectivity index (χ2v) is 24.8. The number of halogens is 11. The molecule has 11 heterocycles. The monoisotopic (exact) mass is 1650 g/mol. The van der Waals surface area contributed by atoms with Crippen LogP contribution in [0, 0.1) is 5.82 Å². The highest BCUT2D eigenvalue weighted by Crippen LogP contribution is 2.29. The highest BCUT2D eigenvalue weighted by molar-refractivity contribution is 9.11. The molecule has 0 spiro atoms. The van der Waals surface area contributed by atoms with E-state index in [2.05, 4.69) is 133 Å². The summed E-state index contributed by atoms with van der Waals surface area (Å²) in [6.07, 6.45) is 10.9. The minimum Gasteiger partial charge on any atom is -0.476 e. The first kappa shape index (κ1) is 73.3. The summed E-state index contributed by atoms with van der Waals surface area (Å²) in [6.45, 7) is -5.47. The maximum Gasteiger partial charge on any atom is 0.387 e. The van der Waals surface area contributed by atoms with Crippen LogP contribution in [0.15, 0.2) is 184 Å². The Kier molecular flexibility index (Phi) is 24.1. The number of rotatable bonds is 15. The molecule has 524 valence electrons. The van der Waals surface area contributed by atoms with E-state index in [9.17, 15) is 54.7 Å². The van der Waals surface area contributed by atoms with E-state index in [-0.39, 0.29) is 70.2 Å². The molecule has 4 N–H and O–H groups in total. The van der Waals surface area contributed by atoms with Crippen molar-refractivity contribution in [3.63, 3.8) is 0 Å². The number of H-pyrrole nitrogens is 3. The number of carboxylic acids is 1. The predicted molar refractivity (Wildman–Crippen MR) is 370 cm³/mol. The van der Waals surface area contributed by atoms with Crippen LogP contribution in [0.4, 0.5) is 36.7 Å². The second-order valence-electron chi connectivity index (χ2n) is 21.2. The molecular weight excluding hydrogens is 1610 g/mol. The fourth-order valence-electron chi connectivity index (χ4n) is 10.1. The lowest BCUT2D eigenvalue weighted by molar-refractivity contribution is -0.0511. The summed E-state index contributed by atoms with van der Waals surface area (Å²) in [5, 5.41) is 16.1. The van der Waals surface area contributed by atoms with Crippen LogP contribution in [0.1, 0.15) is 27.2 Å². The van der Waals surface area contributed by atoms with Gasteiger partial charge in [0.15, 0.2) is 33.6 Å². The number of pyridine rings is 5. The predicted octanol–water partition coefficient (Wildman–Crippen LogP) is 11.7. The molecule has 1 saturated heterocycles. The molecule has 0 unspecified atom stereocenters. The molecule has 0 radical (unpaired) electrons. The fourth-order valence-corrected chi connectivity index (χ4v) is 11.3. The van der Waals surface area contributed by atoms with Crippen molar-refractivity contribution in [2.24, 2.45) is 14.1 Å². The van der Waals surface area contributed by atoms with Crippen LogP contribution in [0.2, 0.25) is 0 Å². The Labute approximate surface area is 596 Å². The van der Waals surface area contributed by atoms with Gasteiger partial charge in [-0.2, -0.15) is 26.3 Å².